The Balaban J connectivity index is 2.27. The van der Waals surface area contributed by atoms with Crippen molar-refractivity contribution in [3.05, 3.63) is 17.7 Å². The lowest BCUT2D eigenvalue weighted by Gasteiger charge is -2.36. The van der Waals surface area contributed by atoms with Gasteiger partial charge in [0.1, 0.15) is 12.4 Å². The third-order valence-corrected chi connectivity index (χ3v) is 4.26. The van der Waals surface area contributed by atoms with Crippen LogP contribution in [0.2, 0.25) is 0 Å². The van der Waals surface area contributed by atoms with Crippen molar-refractivity contribution in [2.45, 2.75) is 38.2 Å². The van der Waals surface area contributed by atoms with Gasteiger partial charge in [0.25, 0.3) is 6.43 Å². The van der Waals surface area contributed by atoms with Crippen molar-refractivity contribution in [1.82, 2.24) is 4.90 Å². The van der Waals surface area contributed by atoms with Gasteiger partial charge in [0.15, 0.2) is 0 Å². The summed E-state index contributed by atoms with van der Waals surface area (Å²) in [4.78, 5) is 2.29. The zero-order chi connectivity index (χ0) is 15.6. The van der Waals surface area contributed by atoms with Crippen LogP contribution < -0.4 is 16.2 Å². The maximum atomic E-state index is 12.4. The number of nitrogens with two attached hydrogens (primary N) is 2. The van der Waals surface area contributed by atoms with Crippen LogP contribution in [0.15, 0.2) is 12.1 Å². The minimum absolute atomic E-state index is 0.256. The topological polar surface area (TPSA) is 64.5 Å². The number of hydrogen-bond acceptors (Lipinski definition) is 4. The van der Waals surface area contributed by atoms with E-state index in [0.29, 0.717) is 17.5 Å². The molecule has 1 fully saturated rings. The molecule has 2 atom stereocenters. The first-order valence-electron chi connectivity index (χ1n) is 7.19. The van der Waals surface area contributed by atoms with Crippen molar-refractivity contribution in [2.75, 3.05) is 31.7 Å². The molecule has 4 nitrogen and oxygen atoms in total. The van der Waals surface area contributed by atoms with Crippen LogP contribution >= 0.6 is 0 Å². The Morgan fingerprint density at radius 3 is 2.71 bits per heavy atom. The number of ether oxygens (including phenoxy) is 1. The monoisotopic (exact) mass is 299 g/mol. The van der Waals surface area contributed by atoms with E-state index in [1.165, 1.54) is 0 Å². The number of piperidine rings is 1. The first kappa shape index (κ1) is 15.8. The summed E-state index contributed by atoms with van der Waals surface area (Å²) < 4.78 is 30.1. The molecule has 4 N–H and O–H groups in total. The molecule has 1 saturated heterocycles. The van der Waals surface area contributed by atoms with Crippen LogP contribution in [0.5, 0.6) is 5.75 Å². The van der Waals surface area contributed by atoms with E-state index < -0.39 is 13.0 Å². The van der Waals surface area contributed by atoms with Gasteiger partial charge in [-0.1, -0.05) is 6.07 Å². The largest absolute Gasteiger partial charge is 0.485 e. The fourth-order valence-electron chi connectivity index (χ4n) is 2.83. The number of benzene rings is 1. The third kappa shape index (κ3) is 3.56. The highest BCUT2D eigenvalue weighted by Gasteiger charge is 2.27. The summed E-state index contributed by atoms with van der Waals surface area (Å²) in [6.45, 7) is 2.46. The molecule has 1 aliphatic rings. The molecular weight excluding hydrogens is 276 g/mol. The highest BCUT2D eigenvalue weighted by Crippen LogP contribution is 2.41. The molecule has 1 aromatic carbocycles. The predicted molar refractivity (Wildman–Crippen MR) is 80.8 cm³/mol. The molecule has 6 heteroatoms. The summed E-state index contributed by atoms with van der Waals surface area (Å²) in [6, 6.07) is 4.02. The molecule has 1 aliphatic heterocycles. The van der Waals surface area contributed by atoms with Gasteiger partial charge in [-0.3, -0.25) is 0 Å². The first-order valence-corrected chi connectivity index (χ1v) is 7.19. The number of halogens is 2. The fraction of sp³-hybridized carbons (Fsp3) is 0.600. The van der Waals surface area contributed by atoms with Crippen LogP contribution in [-0.4, -0.2) is 37.6 Å². The van der Waals surface area contributed by atoms with Gasteiger partial charge < -0.3 is 21.1 Å². The van der Waals surface area contributed by atoms with Gasteiger partial charge in [0.05, 0.1) is 11.4 Å². The molecule has 0 spiro atoms. The minimum atomic E-state index is -2.53. The molecule has 1 aromatic rings. The van der Waals surface area contributed by atoms with Gasteiger partial charge in [0.2, 0.25) is 0 Å². The van der Waals surface area contributed by atoms with Gasteiger partial charge in [-0.05, 0) is 50.9 Å². The Labute approximate surface area is 124 Å². The van der Waals surface area contributed by atoms with E-state index in [4.69, 9.17) is 16.2 Å². The Bertz CT molecular complexity index is 496. The lowest BCUT2D eigenvalue weighted by molar-refractivity contribution is 0.0811. The van der Waals surface area contributed by atoms with Crippen LogP contribution in [0.4, 0.5) is 20.2 Å². The molecular formula is C15H23F2N3O. The Morgan fingerprint density at radius 1 is 1.38 bits per heavy atom. The minimum Gasteiger partial charge on any atom is -0.485 e. The second kappa shape index (κ2) is 6.47. The average Bonchev–Trinajstić information content (AvgIpc) is 2.43. The SMILES string of the molecule is CC1CC(c2ccc(N)c(N)c2OCC(F)F)CCN1C. The van der Waals surface area contributed by atoms with E-state index in [2.05, 4.69) is 18.9 Å². The molecule has 21 heavy (non-hydrogen) atoms. The van der Waals surface area contributed by atoms with E-state index >= 15 is 0 Å². The van der Waals surface area contributed by atoms with Crippen LogP contribution in [0.1, 0.15) is 31.2 Å². The van der Waals surface area contributed by atoms with Crippen molar-refractivity contribution in [3.63, 3.8) is 0 Å². The van der Waals surface area contributed by atoms with Gasteiger partial charge in [-0.15, -0.1) is 0 Å². The summed E-state index contributed by atoms with van der Waals surface area (Å²) in [7, 11) is 2.09. The number of nitrogens with zero attached hydrogens (tertiary/aromatic N) is 1. The second-order valence-electron chi connectivity index (χ2n) is 5.74. The van der Waals surface area contributed by atoms with Gasteiger partial charge in [-0.2, -0.15) is 0 Å². The molecule has 118 valence electrons. The zero-order valence-corrected chi connectivity index (χ0v) is 12.5. The summed E-state index contributed by atoms with van der Waals surface area (Å²) in [5, 5.41) is 0. The van der Waals surface area contributed by atoms with Crippen molar-refractivity contribution in [1.29, 1.82) is 0 Å². The van der Waals surface area contributed by atoms with Crippen LogP contribution in [0.3, 0.4) is 0 Å². The number of anilines is 2. The number of alkyl halides is 2. The van der Waals surface area contributed by atoms with Gasteiger partial charge in [0, 0.05) is 6.04 Å². The molecule has 1 heterocycles. The van der Waals surface area contributed by atoms with Gasteiger partial charge in [-0.25, -0.2) is 8.78 Å². The van der Waals surface area contributed by atoms with Crippen molar-refractivity contribution < 1.29 is 13.5 Å². The van der Waals surface area contributed by atoms with E-state index in [1.54, 1.807) is 6.07 Å². The number of rotatable bonds is 4. The highest BCUT2D eigenvalue weighted by molar-refractivity contribution is 5.73. The summed E-state index contributed by atoms with van der Waals surface area (Å²) in [5.74, 6) is 0.587. The molecule has 0 aromatic heterocycles. The number of hydrogen-bond donors (Lipinski definition) is 2. The molecule has 0 saturated carbocycles. The maximum absolute atomic E-state index is 12.4. The molecule has 2 unspecified atom stereocenters. The van der Waals surface area contributed by atoms with E-state index in [-0.39, 0.29) is 11.6 Å². The Hall–Kier alpha value is -1.56. The van der Waals surface area contributed by atoms with Crippen molar-refractivity contribution in [2.24, 2.45) is 0 Å². The average molecular weight is 299 g/mol. The van der Waals surface area contributed by atoms with E-state index in [9.17, 15) is 8.78 Å². The Kier molecular flexibility index (Phi) is 4.88. The van der Waals surface area contributed by atoms with Crippen LogP contribution in [0, 0.1) is 0 Å². The smallest absolute Gasteiger partial charge is 0.272 e. The van der Waals surface area contributed by atoms with Crippen LogP contribution in [-0.2, 0) is 0 Å². The quantitative estimate of drug-likeness (QED) is 0.839. The van der Waals surface area contributed by atoms with Crippen molar-refractivity contribution in [3.8, 4) is 5.75 Å². The summed E-state index contributed by atoms with van der Waals surface area (Å²) in [6.07, 6.45) is -0.629. The van der Waals surface area contributed by atoms with Crippen LogP contribution in [0.25, 0.3) is 0 Å². The van der Waals surface area contributed by atoms with E-state index in [1.807, 2.05) is 6.07 Å². The molecule has 2 rings (SSSR count). The lowest BCUT2D eigenvalue weighted by Crippen LogP contribution is -2.37. The molecule has 0 aliphatic carbocycles. The standard InChI is InChI=1S/C15H23F2N3O/c1-9-7-10(5-6-20(9)2)11-3-4-12(18)14(19)15(11)21-8-13(16)17/h3-4,9-10,13H,5-8,18-19H2,1-2H3. The zero-order valence-electron chi connectivity index (χ0n) is 12.5. The number of nitrogen functional groups attached to an aromatic ring is 2. The van der Waals surface area contributed by atoms with Crippen molar-refractivity contribution >= 4 is 11.4 Å². The van der Waals surface area contributed by atoms with E-state index in [0.717, 1.165) is 24.9 Å². The lowest BCUT2D eigenvalue weighted by atomic mass is 9.85. The third-order valence-electron chi connectivity index (χ3n) is 4.26. The predicted octanol–water partition coefficient (Wildman–Crippen LogP) is 2.69. The van der Waals surface area contributed by atoms with Gasteiger partial charge >= 0.3 is 0 Å². The number of likely N-dealkylation sites (tertiary alicyclic amines) is 1. The molecule has 0 amide bonds. The maximum Gasteiger partial charge on any atom is 0.272 e. The molecule has 0 bridgehead atoms. The second-order valence-corrected chi connectivity index (χ2v) is 5.74. The first-order chi connectivity index (χ1) is 9.90. The highest BCUT2D eigenvalue weighted by atomic mass is 19.3. The Morgan fingerprint density at radius 2 is 2.10 bits per heavy atom. The summed E-state index contributed by atoms with van der Waals surface area (Å²) >= 11 is 0. The fourth-order valence-corrected chi connectivity index (χ4v) is 2.83. The normalized spacial score (nSPS) is 23.5. The molecule has 0 radical (unpaired) electrons. The summed E-state index contributed by atoms with van der Waals surface area (Å²) in [5.41, 5.74) is 13.2.